The van der Waals surface area contributed by atoms with E-state index in [1.54, 1.807) is 17.8 Å². The van der Waals surface area contributed by atoms with E-state index >= 15 is 0 Å². The Bertz CT molecular complexity index is 1130. The SMILES string of the molecule is CCOC(=O)c1[nH]c2ccccc2c1C(Nc1nnc(C)s1)c1cnn(C)c1. The molecule has 8 nitrogen and oxygen atoms in total. The van der Waals surface area contributed by atoms with Crippen LogP contribution in [0.1, 0.15) is 39.6 Å². The van der Waals surface area contributed by atoms with Crippen LogP contribution in [0.5, 0.6) is 0 Å². The lowest BCUT2D eigenvalue weighted by Crippen LogP contribution is -2.16. The number of aromatic nitrogens is 5. The van der Waals surface area contributed by atoms with Gasteiger partial charge in [0.05, 0.1) is 18.8 Å². The van der Waals surface area contributed by atoms with Gasteiger partial charge in [0.15, 0.2) is 0 Å². The molecule has 0 fully saturated rings. The highest BCUT2D eigenvalue weighted by Crippen LogP contribution is 2.35. The number of ether oxygens (including phenoxy) is 1. The fourth-order valence-electron chi connectivity index (χ4n) is 3.22. The summed E-state index contributed by atoms with van der Waals surface area (Å²) >= 11 is 1.46. The number of H-pyrrole nitrogens is 1. The zero-order chi connectivity index (χ0) is 19.7. The Morgan fingerprint density at radius 3 is 2.86 bits per heavy atom. The molecule has 3 aromatic heterocycles. The number of esters is 1. The Hall–Kier alpha value is -3.20. The summed E-state index contributed by atoms with van der Waals surface area (Å²) in [5.41, 5.74) is 3.00. The highest BCUT2D eigenvalue weighted by atomic mass is 32.1. The van der Waals surface area contributed by atoms with Crippen molar-refractivity contribution in [2.24, 2.45) is 7.05 Å². The van der Waals surface area contributed by atoms with Crippen molar-refractivity contribution in [2.45, 2.75) is 19.9 Å². The average Bonchev–Trinajstić information content (AvgIpc) is 3.38. The number of para-hydroxylation sites is 1. The highest BCUT2D eigenvalue weighted by molar-refractivity contribution is 7.15. The van der Waals surface area contributed by atoms with Crippen LogP contribution in [0.2, 0.25) is 0 Å². The Balaban J connectivity index is 1.90. The largest absolute Gasteiger partial charge is 0.461 e. The van der Waals surface area contributed by atoms with E-state index in [0.717, 1.165) is 27.0 Å². The molecule has 0 aliphatic heterocycles. The molecule has 2 N–H and O–H groups in total. The van der Waals surface area contributed by atoms with Crippen molar-refractivity contribution in [3.05, 3.63) is 58.5 Å². The van der Waals surface area contributed by atoms with E-state index < -0.39 is 5.97 Å². The average molecular weight is 396 g/mol. The van der Waals surface area contributed by atoms with Crippen LogP contribution in [0.15, 0.2) is 36.7 Å². The second-order valence-corrected chi connectivity index (χ2v) is 7.51. The molecule has 4 aromatic rings. The zero-order valence-electron chi connectivity index (χ0n) is 15.8. The molecule has 28 heavy (non-hydrogen) atoms. The number of carbonyl (C=O) groups is 1. The van der Waals surface area contributed by atoms with Gasteiger partial charge in [-0.1, -0.05) is 29.5 Å². The van der Waals surface area contributed by atoms with Gasteiger partial charge in [0.1, 0.15) is 10.7 Å². The molecule has 1 unspecified atom stereocenters. The summed E-state index contributed by atoms with van der Waals surface area (Å²) < 4.78 is 7.03. The van der Waals surface area contributed by atoms with Gasteiger partial charge in [-0.2, -0.15) is 5.10 Å². The summed E-state index contributed by atoms with van der Waals surface area (Å²) in [7, 11) is 1.86. The minimum Gasteiger partial charge on any atom is -0.461 e. The number of benzene rings is 1. The molecule has 4 rings (SSSR count). The number of anilines is 1. The normalized spacial score (nSPS) is 12.2. The van der Waals surface area contributed by atoms with Gasteiger partial charge in [0.25, 0.3) is 0 Å². The predicted octanol–water partition coefficient (Wildman–Crippen LogP) is 3.44. The molecular formula is C19H20N6O2S. The summed E-state index contributed by atoms with van der Waals surface area (Å²) in [6.07, 6.45) is 3.70. The molecule has 0 saturated heterocycles. The first-order valence-corrected chi connectivity index (χ1v) is 9.71. The van der Waals surface area contributed by atoms with Gasteiger partial charge >= 0.3 is 5.97 Å². The molecule has 144 valence electrons. The van der Waals surface area contributed by atoms with Crippen molar-refractivity contribution in [3.63, 3.8) is 0 Å². The molecule has 0 bridgehead atoms. The van der Waals surface area contributed by atoms with Crippen molar-refractivity contribution in [1.82, 2.24) is 25.0 Å². The molecule has 1 aromatic carbocycles. The van der Waals surface area contributed by atoms with Crippen LogP contribution < -0.4 is 5.32 Å². The maximum Gasteiger partial charge on any atom is 0.355 e. The van der Waals surface area contributed by atoms with Crippen molar-refractivity contribution in [2.75, 3.05) is 11.9 Å². The lowest BCUT2D eigenvalue weighted by molar-refractivity contribution is 0.0519. The lowest BCUT2D eigenvalue weighted by Gasteiger charge is -2.18. The topological polar surface area (TPSA) is 97.7 Å². The van der Waals surface area contributed by atoms with Gasteiger partial charge in [-0.05, 0) is 19.9 Å². The van der Waals surface area contributed by atoms with E-state index in [1.165, 1.54) is 11.3 Å². The number of hydrogen-bond donors (Lipinski definition) is 2. The molecule has 0 aliphatic carbocycles. The molecule has 0 saturated carbocycles. The quantitative estimate of drug-likeness (QED) is 0.485. The minimum atomic E-state index is -0.391. The van der Waals surface area contributed by atoms with Crippen LogP contribution >= 0.6 is 11.3 Å². The summed E-state index contributed by atoms with van der Waals surface area (Å²) in [5.74, 6) is -0.391. The highest BCUT2D eigenvalue weighted by Gasteiger charge is 2.28. The van der Waals surface area contributed by atoms with Crippen LogP contribution in [0.4, 0.5) is 5.13 Å². The zero-order valence-corrected chi connectivity index (χ0v) is 16.6. The van der Waals surface area contributed by atoms with E-state index in [0.29, 0.717) is 17.4 Å². The van der Waals surface area contributed by atoms with E-state index in [1.807, 2.05) is 44.4 Å². The van der Waals surface area contributed by atoms with Gasteiger partial charge in [0.2, 0.25) is 5.13 Å². The van der Waals surface area contributed by atoms with Crippen molar-refractivity contribution >= 4 is 33.3 Å². The monoisotopic (exact) mass is 396 g/mol. The molecular weight excluding hydrogens is 376 g/mol. The summed E-state index contributed by atoms with van der Waals surface area (Å²) in [5, 5.41) is 18.5. The molecule has 0 radical (unpaired) electrons. The molecule has 9 heteroatoms. The first-order valence-electron chi connectivity index (χ1n) is 8.89. The fraction of sp³-hybridized carbons (Fsp3) is 0.263. The smallest absolute Gasteiger partial charge is 0.355 e. The van der Waals surface area contributed by atoms with E-state index in [2.05, 4.69) is 25.6 Å². The number of aryl methyl sites for hydroxylation is 2. The summed E-state index contributed by atoms with van der Waals surface area (Å²) in [4.78, 5) is 15.9. The number of nitrogens with one attached hydrogen (secondary N) is 2. The first-order chi connectivity index (χ1) is 13.6. The Kier molecular flexibility index (Phi) is 4.82. The van der Waals surface area contributed by atoms with E-state index in [4.69, 9.17) is 4.74 Å². The number of carbonyl (C=O) groups excluding carboxylic acids is 1. The number of nitrogens with zero attached hydrogens (tertiary/aromatic N) is 4. The number of rotatable bonds is 6. The predicted molar refractivity (Wildman–Crippen MR) is 108 cm³/mol. The second kappa shape index (κ2) is 7.43. The van der Waals surface area contributed by atoms with Crippen LogP contribution in [-0.4, -0.2) is 37.5 Å². The maximum atomic E-state index is 12.7. The lowest BCUT2D eigenvalue weighted by atomic mass is 9.98. The third-order valence-corrected chi connectivity index (χ3v) is 5.14. The fourth-order valence-corrected chi connectivity index (χ4v) is 3.84. The number of hydrogen-bond acceptors (Lipinski definition) is 7. The van der Waals surface area contributed by atoms with Crippen LogP contribution in [0, 0.1) is 6.92 Å². The molecule has 0 amide bonds. The van der Waals surface area contributed by atoms with Crippen LogP contribution in [0.3, 0.4) is 0 Å². The van der Waals surface area contributed by atoms with Gasteiger partial charge in [0, 0.05) is 35.3 Å². The van der Waals surface area contributed by atoms with Crippen molar-refractivity contribution in [3.8, 4) is 0 Å². The number of aromatic amines is 1. The minimum absolute atomic E-state index is 0.300. The summed E-state index contributed by atoms with van der Waals surface area (Å²) in [6, 6.07) is 7.45. The maximum absolute atomic E-state index is 12.7. The van der Waals surface area contributed by atoms with Crippen molar-refractivity contribution < 1.29 is 9.53 Å². The van der Waals surface area contributed by atoms with Crippen molar-refractivity contribution in [1.29, 1.82) is 0 Å². The van der Waals surface area contributed by atoms with Gasteiger partial charge in [-0.25, -0.2) is 4.79 Å². The molecule has 0 aliphatic rings. The Morgan fingerprint density at radius 1 is 1.36 bits per heavy atom. The van der Waals surface area contributed by atoms with Crippen LogP contribution in [-0.2, 0) is 11.8 Å². The molecule has 3 heterocycles. The Labute approximate surface area is 165 Å². The molecule has 0 spiro atoms. The van der Waals surface area contributed by atoms with Gasteiger partial charge in [-0.15, -0.1) is 10.2 Å². The molecule has 1 atom stereocenters. The van der Waals surface area contributed by atoms with Gasteiger partial charge in [-0.3, -0.25) is 4.68 Å². The Morgan fingerprint density at radius 2 is 2.18 bits per heavy atom. The van der Waals surface area contributed by atoms with E-state index in [9.17, 15) is 4.79 Å². The first kappa shape index (κ1) is 18.2. The third-order valence-electron chi connectivity index (χ3n) is 4.37. The van der Waals surface area contributed by atoms with Gasteiger partial charge < -0.3 is 15.0 Å². The third kappa shape index (κ3) is 3.36. The van der Waals surface area contributed by atoms with E-state index in [-0.39, 0.29) is 6.04 Å². The summed E-state index contributed by atoms with van der Waals surface area (Å²) in [6.45, 7) is 3.99. The van der Waals surface area contributed by atoms with Crippen LogP contribution in [0.25, 0.3) is 10.9 Å². The standard InChI is InChI=1S/C19H20N6O2S/c1-4-27-18(26)17-15(13-7-5-6-8-14(13)21-17)16(12-9-20-25(3)10-12)22-19-24-23-11(2)28-19/h5-10,16,21H,4H2,1-3H3,(H,22,24). The number of fused-ring (bicyclic) bond motifs is 1. The second-order valence-electron chi connectivity index (χ2n) is 6.33.